The summed E-state index contributed by atoms with van der Waals surface area (Å²) in [5.74, 6) is 0. The normalized spacial score (nSPS) is 15.5. The molecule has 2 aromatic rings. The minimum atomic E-state index is 0. The molecule has 17 heavy (non-hydrogen) atoms. The Labute approximate surface area is 113 Å². The van der Waals surface area contributed by atoms with Crippen molar-refractivity contribution in [1.29, 1.82) is 0 Å². The molecule has 0 amide bonds. The molecule has 0 atom stereocenters. The summed E-state index contributed by atoms with van der Waals surface area (Å²) >= 11 is 0. The molecule has 0 unspecified atom stereocenters. The van der Waals surface area contributed by atoms with Gasteiger partial charge in [-0.3, -0.25) is 0 Å². The van der Waals surface area contributed by atoms with Crippen molar-refractivity contribution in [3.63, 3.8) is 0 Å². The number of nitrogens with zero attached hydrogens (tertiary/aromatic N) is 2. The molecule has 1 aliphatic heterocycles. The third-order valence-electron chi connectivity index (χ3n) is 3.03. The van der Waals surface area contributed by atoms with E-state index in [4.69, 9.17) is 0 Å². The maximum Gasteiger partial charge on any atom is 0.141 e. The Morgan fingerprint density at radius 3 is 2.88 bits per heavy atom. The maximum absolute atomic E-state index is 4.25. The molecule has 0 saturated heterocycles. The van der Waals surface area contributed by atoms with Crippen LogP contribution in [-0.2, 0) is 19.8 Å². The zero-order valence-electron chi connectivity index (χ0n) is 9.60. The van der Waals surface area contributed by atoms with Gasteiger partial charge in [0.05, 0.1) is 5.69 Å². The van der Waals surface area contributed by atoms with Gasteiger partial charge in [-0.25, -0.2) is 9.97 Å². The summed E-state index contributed by atoms with van der Waals surface area (Å²) < 4.78 is 0. The summed E-state index contributed by atoms with van der Waals surface area (Å²) in [6.07, 6.45) is 4.91. The van der Waals surface area contributed by atoms with Crippen LogP contribution in [0.15, 0.2) is 18.5 Å². The van der Waals surface area contributed by atoms with E-state index in [1.165, 1.54) is 11.3 Å². The van der Waals surface area contributed by atoms with Crippen molar-refractivity contribution in [2.24, 2.45) is 0 Å². The second kappa shape index (κ2) is 5.08. The summed E-state index contributed by atoms with van der Waals surface area (Å²) in [7, 11) is 0. The van der Waals surface area contributed by atoms with E-state index in [-0.39, 0.29) is 19.8 Å². The molecule has 2 aromatic heterocycles. The van der Waals surface area contributed by atoms with Crippen molar-refractivity contribution in [2.75, 3.05) is 13.1 Å². The first-order valence-electron chi connectivity index (χ1n) is 5.55. The van der Waals surface area contributed by atoms with Gasteiger partial charge in [-0.1, -0.05) is 6.08 Å². The van der Waals surface area contributed by atoms with Gasteiger partial charge in [0, 0.05) is 37.4 Å². The summed E-state index contributed by atoms with van der Waals surface area (Å²) in [5, 5.41) is 4.43. The van der Waals surface area contributed by atoms with Crippen LogP contribution >= 0.6 is 0 Å². The smallest absolute Gasteiger partial charge is 0.141 e. The Bertz CT molecular complexity index is 559. The molecule has 3 heterocycles. The Hall–Kier alpha value is -1.04. The molecule has 0 radical (unpaired) electrons. The van der Waals surface area contributed by atoms with Crippen molar-refractivity contribution in [2.45, 2.75) is 13.3 Å². The minimum Gasteiger partial charge on any atom is -0.339 e. The molecule has 90 valence electrons. The monoisotopic (exact) mass is 406 g/mol. The van der Waals surface area contributed by atoms with E-state index < -0.39 is 0 Å². The number of fused-ring (bicyclic) bond motifs is 1. The summed E-state index contributed by atoms with van der Waals surface area (Å²) in [6.45, 7) is 4.01. The Morgan fingerprint density at radius 2 is 2.18 bits per heavy atom. The molecular formula is C12H14N4Os. The average Bonchev–Trinajstić information content (AvgIpc) is 2.76. The summed E-state index contributed by atoms with van der Waals surface area (Å²) in [5.41, 5.74) is 4.51. The predicted molar refractivity (Wildman–Crippen MR) is 64.1 cm³/mol. The van der Waals surface area contributed by atoms with Crippen LogP contribution in [0.3, 0.4) is 0 Å². The third-order valence-corrected chi connectivity index (χ3v) is 3.03. The Balaban J connectivity index is 0.00000108. The van der Waals surface area contributed by atoms with E-state index >= 15 is 0 Å². The Kier molecular flexibility index (Phi) is 3.71. The number of H-pyrrole nitrogens is 1. The minimum absolute atomic E-state index is 0. The van der Waals surface area contributed by atoms with E-state index in [9.17, 15) is 0 Å². The van der Waals surface area contributed by atoms with Gasteiger partial charge in [0.15, 0.2) is 0 Å². The topological polar surface area (TPSA) is 53.6 Å². The van der Waals surface area contributed by atoms with Crippen molar-refractivity contribution in [3.05, 3.63) is 29.9 Å². The molecule has 5 heteroatoms. The van der Waals surface area contributed by atoms with Gasteiger partial charge < -0.3 is 10.3 Å². The zero-order valence-corrected chi connectivity index (χ0v) is 12.1. The van der Waals surface area contributed by atoms with Crippen molar-refractivity contribution < 1.29 is 19.8 Å². The van der Waals surface area contributed by atoms with E-state index in [2.05, 4.69) is 32.4 Å². The third kappa shape index (κ3) is 2.31. The second-order valence-electron chi connectivity index (χ2n) is 4.09. The second-order valence-corrected chi connectivity index (χ2v) is 4.09. The first-order chi connectivity index (χ1) is 7.84. The van der Waals surface area contributed by atoms with Crippen LogP contribution in [0.4, 0.5) is 0 Å². The van der Waals surface area contributed by atoms with Crippen LogP contribution in [0.1, 0.15) is 17.8 Å². The number of aromatic nitrogens is 3. The number of nitrogens with one attached hydrogen (secondary N) is 2. The molecule has 0 bridgehead atoms. The molecule has 0 aromatic carbocycles. The van der Waals surface area contributed by atoms with Gasteiger partial charge in [-0.15, -0.1) is 0 Å². The van der Waals surface area contributed by atoms with Crippen LogP contribution in [0.25, 0.3) is 16.6 Å². The van der Waals surface area contributed by atoms with Crippen molar-refractivity contribution in [1.82, 2.24) is 20.3 Å². The van der Waals surface area contributed by atoms with Crippen LogP contribution in [0.5, 0.6) is 0 Å². The number of aryl methyl sites for hydroxylation is 1. The number of hydrogen-bond acceptors (Lipinski definition) is 3. The SMILES string of the molecule is Cc1ncnc2[nH]c(C3=CCNCC3)cc12.[Os]. The van der Waals surface area contributed by atoms with Crippen LogP contribution in [0, 0.1) is 6.92 Å². The van der Waals surface area contributed by atoms with Gasteiger partial charge in [-0.05, 0) is 31.5 Å². The largest absolute Gasteiger partial charge is 0.339 e. The number of rotatable bonds is 1. The van der Waals surface area contributed by atoms with Gasteiger partial charge in [-0.2, -0.15) is 0 Å². The number of aromatic amines is 1. The zero-order chi connectivity index (χ0) is 11.0. The van der Waals surface area contributed by atoms with Gasteiger partial charge in [0.2, 0.25) is 0 Å². The van der Waals surface area contributed by atoms with Gasteiger partial charge >= 0.3 is 0 Å². The molecule has 2 N–H and O–H groups in total. The van der Waals surface area contributed by atoms with Crippen LogP contribution in [-0.4, -0.2) is 28.0 Å². The van der Waals surface area contributed by atoms with Gasteiger partial charge in [0.1, 0.15) is 12.0 Å². The van der Waals surface area contributed by atoms with E-state index in [0.717, 1.165) is 36.2 Å². The standard InChI is InChI=1S/C12H14N4.Os/c1-8-10-6-11(9-2-4-13-5-3-9)16-12(10)15-7-14-8;/h2,6-7,13H,3-5H2,1H3,(H,14,15,16);. The fourth-order valence-corrected chi connectivity index (χ4v) is 2.10. The summed E-state index contributed by atoms with van der Waals surface area (Å²) in [6, 6.07) is 2.15. The number of hydrogen-bond donors (Lipinski definition) is 2. The summed E-state index contributed by atoms with van der Waals surface area (Å²) in [4.78, 5) is 11.8. The molecule has 0 saturated carbocycles. The Morgan fingerprint density at radius 1 is 1.29 bits per heavy atom. The molecule has 1 aliphatic rings. The first-order valence-corrected chi connectivity index (χ1v) is 5.55. The fourth-order valence-electron chi connectivity index (χ4n) is 2.10. The van der Waals surface area contributed by atoms with Crippen LogP contribution < -0.4 is 5.32 Å². The predicted octanol–water partition coefficient (Wildman–Crippen LogP) is 1.64. The molecular weight excluding hydrogens is 390 g/mol. The molecule has 0 fully saturated rings. The van der Waals surface area contributed by atoms with Crippen LogP contribution in [0.2, 0.25) is 0 Å². The average molecular weight is 405 g/mol. The van der Waals surface area contributed by atoms with E-state index in [0.29, 0.717) is 0 Å². The quantitative estimate of drug-likeness (QED) is 0.760. The molecule has 4 nitrogen and oxygen atoms in total. The van der Waals surface area contributed by atoms with Crippen molar-refractivity contribution in [3.8, 4) is 0 Å². The first kappa shape index (κ1) is 12.4. The molecule has 0 aliphatic carbocycles. The van der Waals surface area contributed by atoms with Crippen molar-refractivity contribution >= 4 is 16.6 Å². The molecule has 0 spiro atoms. The van der Waals surface area contributed by atoms with E-state index in [1.54, 1.807) is 6.33 Å². The maximum atomic E-state index is 4.25. The fraction of sp³-hybridized carbons (Fsp3) is 0.333. The molecule has 3 rings (SSSR count). The van der Waals surface area contributed by atoms with Gasteiger partial charge in [0.25, 0.3) is 0 Å². The van der Waals surface area contributed by atoms with E-state index in [1.807, 2.05) is 6.92 Å².